The number of nitrogen functional groups attached to an aromatic ring is 1. The minimum atomic E-state index is -0.259. The van der Waals surface area contributed by atoms with Crippen molar-refractivity contribution >= 4 is 17.4 Å². The van der Waals surface area contributed by atoms with E-state index in [1.807, 2.05) is 0 Å². The fourth-order valence-corrected chi connectivity index (χ4v) is 1.87. The van der Waals surface area contributed by atoms with Gasteiger partial charge in [-0.05, 0) is 36.2 Å². The highest BCUT2D eigenvalue weighted by Crippen LogP contribution is 2.28. The molecule has 0 saturated heterocycles. The first-order valence-electron chi connectivity index (χ1n) is 7.33. The number of methoxy groups -OCH3 is 1. The second-order valence-corrected chi connectivity index (χ2v) is 5.50. The number of amides is 1. The van der Waals surface area contributed by atoms with E-state index in [-0.39, 0.29) is 5.91 Å². The molecule has 1 aromatic carbocycles. The van der Waals surface area contributed by atoms with Crippen LogP contribution in [-0.4, -0.2) is 24.6 Å². The molecule has 0 unspecified atom stereocenters. The summed E-state index contributed by atoms with van der Waals surface area (Å²) in [6.07, 6.45) is 1.50. The van der Waals surface area contributed by atoms with Gasteiger partial charge in [0.1, 0.15) is 5.82 Å². The Hall–Kier alpha value is -2.76. The Kier molecular flexibility index (Phi) is 5.41. The molecule has 0 atom stereocenters. The molecule has 6 nitrogen and oxygen atoms in total. The summed E-state index contributed by atoms with van der Waals surface area (Å²) in [5.74, 6) is 1.68. The van der Waals surface area contributed by atoms with Gasteiger partial charge in [0, 0.05) is 5.56 Å². The molecule has 0 aliphatic carbocycles. The maximum absolute atomic E-state index is 12.3. The third-order valence-electron chi connectivity index (χ3n) is 3.04. The molecule has 0 aliphatic rings. The molecule has 0 saturated carbocycles. The third kappa shape index (κ3) is 4.60. The van der Waals surface area contributed by atoms with Crippen molar-refractivity contribution in [1.82, 2.24) is 4.98 Å². The monoisotopic (exact) mass is 315 g/mol. The van der Waals surface area contributed by atoms with Gasteiger partial charge in [-0.3, -0.25) is 4.79 Å². The first kappa shape index (κ1) is 16.6. The van der Waals surface area contributed by atoms with E-state index in [9.17, 15) is 4.79 Å². The van der Waals surface area contributed by atoms with Gasteiger partial charge in [0.05, 0.1) is 25.6 Å². The van der Waals surface area contributed by atoms with Crippen LogP contribution in [0.2, 0.25) is 0 Å². The van der Waals surface area contributed by atoms with E-state index in [2.05, 4.69) is 24.1 Å². The molecule has 1 amide bonds. The van der Waals surface area contributed by atoms with E-state index >= 15 is 0 Å². The number of nitrogens with one attached hydrogen (secondary N) is 1. The lowest BCUT2D eigenvalue weighted by Gasteiger charge is -2.13. The van der Waals surface area contributed by atoms with E-state index in [0.717, 1.165) is 0 Å². The number of pyridine rings is 1. The number of nitrogens with zero attached hydrogens (tertiary/aromatic N) is 1. The van der Waals surface area contributed by atoms with Crippen molar-refractivity contribution in [2.75, 3.05) is 24.8 Å². The molecule has 3 N–H and O–H groups in total. The molecule has 1 aromatic heterocycles. The van der Waals surface area contributed by atoms with Gasteiger partial charge in [0.2, 0.25) is 0 Å². The summed E-state index contributed by atoms with van der Waals surface area (Å²) in [6, 6.07) is 8.39. The van der Waals surface area contributed by atoms with Crippen LogP contribution in [0.5, 0.6) is 11.5 Å². The fourth-order valence-electron chi connectivity index (χ4n) is 1.87. The van der Waals surface area contributed by atoms with Gasteiger partial charge in [-0.1, -0.05) is 13.8 Å². The zero-order valence-electron chi connectivity index (χ0n) is 13.5. The van der Waals surface area contributed by atoms with Crippen LogP contribution in [0.3, 0.4) is 0 Å². The number of benzene rings is 1. The van der Waals surface area contributed by atoms with Crippen LogP contribution in [0.15, 0.2) is 36.5 Å². The number of rotatable bonds is 6. The fraction of sp³-hybridized carbons (Fsp3) is 0.294. The van der Waals surface area contributed by atoms with Gasteiger partial charge >= 0.3 is 0 Å². The van der Waals surface area contributed by atoms with Crippen molar-refractivity contribution in [2.45, 2.75) is 13.8 Å². The molecule has 0 spiro atoms. The summed E-state index contributed by atoms with van der Waals surface area (Å²) < 4.78 is 11.0. The van der Waals surface area contributed by atoms with E-state index in [0.29, 0.717) is 41.1 Å². The second kappa shape index (κ2) is 7.49. The first-order chi connectivity index (χ1) is 11.0. The highest BCUT2D eigenvalue weighted by molar-refractivity contribution is 6.04. The average Bonchev–Trinajstić information content (AvgIpc) is 2.54. The van der Waals surface area contributed by atoms with Crippen LogP contribution in [-0.2, 0) is 0 Å². The molecule has 0 radical (unpaired) electrons. The van der Waals surface area contributed by atoms with Crippen LogP contribution >= 0.6 is 0 Å². The Bertz CT molecular complexity index is 669. The van der Waals surface area contributed by atoms with Crippen LogP contribution in [0, 0.1) is 5.92 Å². The largest absolute Gasteiger partial charge is 0.493 e. The summed E-state index contributed by atoms with van der Waals surface area (Å²) in [4.78, 5) is 16.2. The lowest BCUT2D eigenvalue weighted by molar-refractivity contribution is 0.102. The Morgan fingerprint density at radius 1 is 1.26 bits per heavy atom. The smallest absolute Gasteiger partial charge is 0.255 e. The van der Waals surface area contributed by atoms with Crippen molar-refractivity contribution < 1.29 is 14.3 Å². The number of carbonyl (C=O) groups excluding carboxylic acids is 1. The van der Waals surface area contributed by atoms with Crippen molar-refractivity contribution in [1.29, 1.82) is 0 Å². The van der Waals surface area contributed by atoms with Gasteiger partial charge in [0.25, 0.3) is 5.91 Å². The number of hydrogen-bond donors (Lipinski definition) is 2. The van der Waals surface area contributed by atoms with E-state index in [1.54, 1.807) is 37.4 Å². The maximum Gasteiger partial charge on any atom is 0.255 e. The van der Waals surface area contributed by atoms with Crippen LogP contribution in [0.25, 0.3) is 0 Å². The van der Waals surface area contributed by atoms with Gasteiger partial charge in [-0.2, -0.15) is 0 Å². The van der Waals surface area contributed by atoms with E-state index < -0.39 is 0 Å². The number of carbonyl (C=O) groups is 1. The Morgan fingerprint density at radius 2 is 2.04 bits per heavy atom. The minimum Gasteiger partial charge on any atom is -0.493 e. The standard InChI is InChI=1S/C17H21N3O3/c1-11(2)10-23-14-6-4-12(8-15(14)22-3)17(21)20-13-5-7-16(18)19-9-13/h4-9,11H,10H2,1-3H3,(H2,18,19)(H,20,21). The molecule has 2 rings (SSSR count). The third-order valence-corrected chi connectivity index (χ3v) is 3.04. The van der Waals surface area contributed by atoms with Crippen LogP contribution in [0.4, 0.5) is 11.5 Å². The number of hydrogen-bond acceptors (Lipinski definition) is 5. The average molecular weight is 315 g/mol. The molecule has 1 heterocycles. The highest BCUT2D eigenvalue weighted by atomic mass is 16.5. The van der Waals surface area contributed by atoms with Gasteiger partial charge in [0.15, 0.2) is 11.5 Å². The topological polar surface area (TPSA) is 86.5 Å². The molecule has 0 fully saturated rings. The van der Waals surface area contributed by atoms with Gasteiger partial charge in [-0.15, -0.1) is 0 Å². The van der Waals surface area contributed by atoms with E-state index in [4.69, 9.17) is 15.2 Å². The van der Waals surface area contributed by atoms with Crippen molar-refractivity contribution in [3.8, 4) is 11.5 Å². The summed E-state index contributed by atoms with van der Waals surface area (Å²) >= 11 is 0. The Morgan fingerprint density at radius 3 is 2.65 bits per heavy atom. The van der Waals surface area contributed by atoms with Gasteiger partial charge in [-0.25, -0.2) is 4.98 Å². The lowest BCUT2D eigenvalue weighted by Crippen LogP contribution is -2.13. The zero-order chi connectivity index (χ0) is 16.8. The Balaban J connectivity index is 2.12. The molecule has 23 heavy (non-hydrogen) atoms. The molecule has 122 valence electrons. The number of aromatic nitrogens is 1. The van der Waals surface area contributed by atoms with Crippen molar-refractivity contribution in [2.24, 2.45) is 5.92 Å². The van der Waals surface area contributed by atoms with Crippen molar-refractivity contribution in [3.05, 3.63) is 42.1 Å². The minimum absolute atomic E-state index is 0.259. The maximum atomic E-state index is 12.3. The number of nitrogens with two attached hydrogens (primary N) is 1. The number of ether oxygens (including phenoxy) is 2. The molecule has 6 heteroatoms. The summed E-state index contributed by atoms with van der Waals surface area (Å²) in [5.41, 5.74) is 6.56. The predicted molar refractivity (Wildman–Crippen MR) is 89.9 cm³/mol. The lowest BCUT2D eigenvalue weighted by atomic mass is 10.2. The predicted octanol–water partition coefficient (Wildman–Crippen LogP) is 2.96. The molecule has 0 aliphatic heterocycles. The quantitative estimate of drug-likeness (QED) is 0.856. The number of anilines is 2. The second-order valence-electron chi connectivity index (χ2n) is 5.50. The summed E-state index contributed by atoms with van der Waals surface area (Å²) in [5, 5.41) is 2.75. The molecular formula is C17H21N3O3. The SMILES string of the molecule is COc1cc(C(=O)Nc2ccc(N)nc2)ccc1OCC(C)C. The summed E-state index contributed by atoms with van der Waals surface area (Å²) in [7, 11) is 1.54. The molecular weight excluding hydrogens is 294 g/mol. The molecule has 0 bridgehead atoms. The van der Waals surface area contributed by atoms with E-state index in [1.165, 1.54) is 6.20 Å². The highest BCUT2D eigenvalue weighted by Gasteiger charge is 2.12. The van der Waals surface area contributed by atoms with Crippen LogP contribution < -0.4 is 20.5 Å². The summed E-state index contributed by atoms with van der Waals surface area (Å²) in [6.45, 7) is 4.71. The molecule has 2 aromatic rings. The van der Waals surface area contributed by atoms with Crippen molar-refractivity contribution in [3.63, 3.8) is 0 Å². The Labute approximate surface area is 135 Å². The normalized spacial score (nSPS) is 10.4. The van der Waals surface area contributed by atoms with Crippen LogP contribution in [0.1, 0.15) is 24.2 Å². The first-order valence-corrected chi connectivity index (χ1v) is 7.33. The zero-order valence-corrected chi connectivity index (χ0v) is 13.5. The van der Waals surface area contributed by atoms with Gasteiger partial charge < -0.3 is 20.5 Å².